The zero-order valence-electron chi connectivity index (χ0n) is 12.7. The molecule has 0 spiro atoms. The fourth-order valence-corrected chi connectivity index (χ4v) is 2.61. The molecule has 23 heavy (non-hydrogen) atoms. The second-order valence-electron chi connectivity index (χ2n) is 5.47. The fraction of sp³-hybridized carbons (Fsp3) is 0.111. The maximum Gasteiger partial charge on any atom is 0.190 e. The van der Waals surface area contributed by atoms with Gasteiger partial charge in [-0.25, -0.2) is 0 Å². The van der Waals surface area contributed by atoms with Crippen LogP contribution < -0.4 is 5.43 Å². The van der Waals surface area contributed by atoms with Gasteiger partial charge < -0.3 is 15.2 Å². The summed E-state index contributed by atoms with van der Waals surface area (Å²) in [6.45, 7) is 3.00. The molecule has 1 heterocycles. The van der Waals surface area contributed by atoms with Crippen molar-refractivity contribution in [3.05, 3.63) is 57.7 Å². The van der Waals surface area contributed by atoms with Gasteiger partial charge in [-0.2, -0.15) is 0 Å². The molecule has 2 aromatic carbocycles. The third-order valence-electron chi connectivity index (χ3n) is 3.90. The first-order valence-corrected chi connectivity index (χ1v) is 7.08. The number of aromatic hydroxyl groups is 2. The van der Waals surface area contributed by atoms with Crippen molar-refractivity contribution in [3.63, 3.8) is 0 Å². The number of Topliss-reactive ketones (excluding diaryl/α,β-unsaturated/α-hetero) is 1. The van der Waals surface area contributed by atoms with Crippen molar-refractivity contribution in [2.45, 2.75) is 13.8 Å². The lowest BCUT2D eigenvalue weighted by atomic mass is 10.0. The second-order valence-corrected chi connectivity index (χ2v) is 5.47. The minimum absolute atomic E-state index is 0.122. The number of hydrogen-bond donors (Lipinski definition) is 3. The van der Waals surface area contributed by atoms with E-state index in [0.29, 0.717) is 22.2 Å². The first kappa shape index (κ1) is 14.8. The predicted octanol–water partition coefficient (Wildman–Crippen LogP) is 3.12. The van der Waals surface area contributed by atoms with Crippen LogP contribution in [0.3, 0.4) is 0 Å². The van der Waals surface area contributed by atoms with Crippen molar-refractivity contribution in [1.29, 1.82) is 0 Å². The largest absolute Gasteiger partial charge is 0.508 e. The number of fused-ring (bicyclic) bond motifs is 1. The number of aromatic amines is 1. The van der Waals surface area contributed by atoms with E-state index in [9.17, 15) is 19.8 Å². The minimum Gasteiger partial charge on any atom is -0.508 e. The number of carbonyl (C=O) groups is 1. The van der Waals surface area contributed by atoms with E-state index in [2.05, 4.69) is 4.98 Å². The number of phenolic OH excluding ortho intramolecular Hbond substituents is 2. The van der Waals surface area contributed by atoms with Crippen LogP contribution in [0.4, 0.5) is 0 Å². The smallest absolute Gasteiger partial charge is 0.190 e. The van der Waals surface area contributed by atoms with Gasteiger partial charge in [0, 0.05) is 22.7 Å². The highest BCUT2D eigenvalue weighted by Gasteiger charge is 2.15. The predicted molar refractivity (Wildman–Crippen MR) is 88.1 cm³/mol. The molecule has 5 heteroatoms. The summed E-state index contributed by atoms with van der Waals surface area (Å²) < 4.78 is 0. The molecule has 0 saturated heterocycles. The lowest BCUT2D eigenvalue weighted by Gasteiger charge is -2.11. The van der Waals surface area contributed by atoms with Gasteiger partial charge in [-0.15, -0.1) is 0 Å². The van der Waals surface area contributed by atoms with Crippen LogP contribution in [0.1, 0.15) is 22.8 Å². The number of ketones is 1. The van der Waals surface area contributed by atoms with Gasteiger partial charge >= 0.3 is 0 Å². The summed E-state index contributed by atoms with van der Waals surface area (Å²) in [5.41, 5.74) is 2.13. The molecule has 1 aromatic heterocycles. The summed E-state index contributed by atoms with van der Waals surface area (Å²) >= 11 is 0. The zero-order chi connectivity index (χ0) is 16.7. The SMILES string of the molecule is CC(=O)c1cc2c(=O)cc(-c3ccc(O)cc3)[nH]c2c(C)c1O. The molecular weight excluding hydrogens is 294 g/mol. The van der Waals surface area contributed by atoms with Crippen LogP contribution in [0.25, 0.3) is 22.2 Å². The van der Waals surface area contributed by atoms with Crippen molar-refractivity contribution in [2.24, 2.45) is 0 Å². The molecule has 0 aliphatic rings. The number of rotatable bonds is 2. The van der Waals surface area contributed by atoms with E-state index >= 15 is 0 Å². The third-order valence-corrected chi connectivity index (χ3v) is 3.90. The summed E-state index contributed by atoms with van der Waals surface area (Å²) in [7, 11) is 0. The molecule has 3 aromatic rings. The second kappa shape index (κ2) is 5.28. The zero-order valence-corrected chi connectivity index (χ0v) is 12.7. The number of pyridine rings is 1. The van der Waals surface area contributed by atoms with E-state index in [1.807, 2.05) is 0 Å². The van der Waals surface area contributed by atoms with Gasteiger partial charge in [-0.3, -0.25) is 9.59 Å². The standard InChI is InChI=1S/C18H15NO4/c1-9-17-14(7-13(10(2)20)18(9)23)16(22)8-15(19-17)11-3-5-12(21)6-4-11/h3-8,21,23H,1-2H3,(H,19,22). The molecule has 0 atom stereocenters. The van der Waals surface area contributed by atoms with Gasteiger partial charge in [-0.05, 0) is 49.7 Å². The van der Waals surface area contributed by atoms with Crippen LogP contribution in [-0.4, -0.2) is 21.0 Å². The Morgan fingerprint density at radius 3 is 2.35 bits per heavy atom. The van der Waals surface area contributed by atoms with E-state index in [4.69, 9.17) is 0 Å². The number of nitrogens with one attached hydrogen (secondary N) is 1. The number of hydrogen-bond acceptors (Lipinski definition) is 4. The van der Waals surface area contributed by atoms with E-state index in [1.165, 1.54) is 31.2 Å². The van der Waals surface area contributed by atoms with E-state index in [1.54, 1.807) is 19.1 Å². The molecule has 0 radical (unpaired) electrons. The highest BCUT2D eigenvalue weighted by Crippen LogP contribution is 2.30. The van der Waals surface area contributed by atoms with E-state index in [-0.39, 0.29) is 28.3 Å². The van der Waals surface area contributed by atoms with E-state index < -0.39 is 0 Å². The topological polar surface area (TPSA) is 90.4 Å². The normalized spacial score (nSPS) is 10.9. The molecule has 0 bridgehead atoms. The number of H-pyrrole nitrogens is 1. The van der Waals surface area contributed by atoms with Crippen molar-refractivity contribution in [1.82, 2.24) is 4.98 Å². The van der Waals surface area contributed by atoms with Gasteiger partial charge in [-0.1, -0.05) is 0 Å². The maximum absolute atomic E-state index is 12.4. The lowest BCUT2D eigenvalue weighted by Crippen LogP contribution is -2.06. The molecule has 116 valence electrons. The van der Waals surface area contributed by atoms with Crippen molar-refractivity contribution in [3.8, 4) is 22.8 Å². The molecular formula is C18H15NO4. The Bertz CT molecular complexity index is 985. The Morgan fingerprint density at radius 2 is 1.74 bits per heavy atom. The number of carbonyl (C=O) groups excluding carboxylic acids is 1. The van der Waals surface area contributed by atoms with Gasteiger partial charge in [0.05, 0.1) is 11.1 Å². The quantitative estimate of drug-likeness (QED) is 0.634. The molecule has 0 unspecified atom stereocenters. The number of aryl methyl sites for hydroxylation is 1. The Kier molecular flexibility index (Phi) is 3.41. The average molecular weight is 309 g/mol. The Labute approximate surface area is 131 Å². The monoisotopic (exact) mass is 309 g/mol. The summed E-state index contributed by atoms with van der Waals surface area (Å²) in [4.78, 5) is 27.1. The maximum atomic E-state index is 12.4. The number of aromatic nitrogens is 1. The molecule has 5 nitrogen and oxygen atoms in total. The molecule has 3 rings (SSSR count). The Hall–Kier alpha value is -3.08. The van der Waals surface area contributed by atoms with Crippen LogP contribution in [-0.2, 0) is 0 Å². The van der Waals surface area contributed by atoms with Crippen LogP contribution in [0, 0.1) is 6.92 Å². The van der Waals surface area contributed by atoms with Crippen molar-refractivity contribution >= 4 is 16.7 Å². The summed E-state index contributed by atoms with van der Waals surface area (Å²) in [6, 6.07) is 9.29. The molecule has 0 amide bonds. The van der Waals surface area contributed by atoms with Crippen molar-refractivity contribution in [2.75, 3.05) is 0 Å². The summed E-state index contributed by atoms with van der Waals surface area (Å²) in [5.74, 6) is -0.283. The number of phenols is 2. The van der Waals surface area contributed by atoms with Gasteiger partial charge in [0.15, 0.2) is 11.2 Å². The summed E-state index contributed by atoms with van der Waals surface area (Å²) in [5, 5.41) is 19.9. The molecule has 0 aliphatic carbocycles. The Balaban J connectivity index is 2.32. The lowest BCUT2D eigenvalue weighted by molar-refractivity contribution is 0.101. The molecule has 0 aliphatic heterocycles. The average Bonchev–Trinajstić information content (AvgIpc) is 2.51. The van der Waals surface area contributed by atoms with Gasteiger partial charge in [0.1, 0.15) is 11.5 Å². The van der Waals surface area contributed by atoms with Gasteiger partial charge in [0.2, 0.25) is 0 Å². The molecule has 0 fully saturated rings. The first-order valence-electron chi connectivity index (χ1n) is 7.08. The summed E-state index contributed by atoms with van der Waals surface area (Å²) in [6.07, 6.45) is 0. The van der Waals surface area contributed by atoms with Crippen LogP contribution in [0.2, 0.25) is 0 Å². The fourth-order valence-electron chi connectivity index (χ4n) is 2.61. The van der Waals surface area contributed by atoms with Crippen molar-refractivity contribution < 1.29 is 15.0 Å². The minimum atomic E-state index is -0.297. The Morgan fingerprint density at radius 1 is 1.09 bits per heavy atom. The van der Waals surface area contributed by atoms with Crippen LogP contribution in [0.5, 0.6) is 11.5 Å². The highest BCUT2D eigenvalue weighted by molar-refractivity contribution is 6.02. The number of benzene rings is 2. The molecule has 0 saturated carbocycles. The van der Waals surface area contributed by atoms with Crippen LogP contribution in [0.15, 0.2) is 41.2 Å². The third kappa shape index (κ3) is 2.46. The van der Waals surface area contributed by atoms with Gasteiger partial charge in [0.25, 0.3) is 0 Å². The first-order chi connectivity index (χ1) is 10.9. The molecule has 3 N–H and O–H groups in total. The van der Waals surface area contributed by atoms with Crippen LogP contribution >= 0.6 is 0 Å². The van der Waals surface area contributed by atoms with E-state index in [0.717, 1.165) is 5.56 Å². The highest BCUT2D eigenvalue weighted by atomic mass is 16.3.